The fourth-order valence-electron chi connectivity index (χ4n) is 3.23. The molecule has 2 aromatic rings. The van der Waals surface area contributed by atoms with Crippen LogP contribution in [0.25, 0.3) is 11.3 Å². The molecule has 126 valence electrons. The number of rotatable bonds is 5. The van der Waals surface area contributed by atoms with Crippen molar-refractivity contribution in [2.75, 3.05) is 6.79 Å². The molecule has 6 heteroatoms. The molecule has 0 spiro atoms. The first kappa shape index (κ1) is 15.1. The second-order valence-corrected chi connectivity index (χ2v) is 6.27. The van der Waals surface area contributed by atoms with Gasteiger partial charge in [0.1, 0.15) is 12.3 Å². The van der Waals surface area contributed by atoms with Crippen LogP contribution in [0.3, 0.4) is 0 Å². The van der Waals surface area contributed by atoms with E-state index in [1.165, 1.54) is 12.8 Å². The van der Waals surface area contributed by atoms with Gasteiger partial charge in [0, 0.05) is 18.1 Å². The molecule has 4 rings (SSSR count). The number of ether oxygens (including phenoxy) is 3. The second-order valence-electron chi connectivity index (χ2n) is 6.27. The van der Waals surface area contributed by atoms with Gasteiger partial charge in [-0.05, 0) is 37.0 Å². The van der Waals surface area contributed by atoms with E-state index in [2.05, 4.69) is 5.16 Å². The number of esters is 1. The number of hydrogen-bond donors (Lipinski definition) is 0. The zero-order valence-corrected chi connectivity index (χ0v) is 13.3. The topological polar surface area (TPSA) is 70.8 Å². The molecule has 0 amide bonds. The molecule has 1 saturated carbocycles. The number of carbonyl (C=O) groups excluding carboxylic acids is 1. The summed E-state index contributed by atoms with van der Waals surface area (Å²) in [5, 5.41) is 3.97. The highest BCUT2D eigenvalue weighted by molar-refractivity contribution is 5.69. The van der Waals surface area contributed by atoms with Gasteiger partial charge in [-0.25, -0.2) is 0 Å². The van der Waals surface area contributed by atoms with Crippen molar-refractivity contribution in [3.05, 3.63) is 30.0 Å². The molecule has 0 N–H and O–H groups in total. The lowest BCUT2D eigenvalue weighted by Crippen LogP contribution is -2.09. The summed E-state index contributed by atoms with van der Waals surface area (Å²) in [6, 6.07) is 7.34. The van der Waals surface area contributed by atoms with E-state index in [4.69, 9.17) is 18.7 Å². The summed E-state index contributed by atoms with van der Waals surface area (Å²) in [6.45, 7) is 0.372. The molecule has 1 aromatic carbocycles. The zero-order chi connectivity index (χ0) is 16.4. The Bertz CT molecular complexity index is 733. The van der Waals surface area contributed by atoms with Gasteiger partial charge in [-0.2, -0.15) is 0 Å². The molecule has 0 bridgehead atoms. The molecule has 0 saturated heterocycles. The lowest BCUT2D eigenvalue weighted by molar-refractivity contribution is -0.146. The Morgan fingerprint density at radius 2 is 2.00 bits per heavy atom. The van der Waals surface area contributed by atoms with Crippen LogP contribution in [0.4, 0.5) is 0 Å². The van der Waals surface area contributed by atoms with Crippen LogP contribution in [0, 0.1) is 5.92 Å². The van der Waals surface area contributed by atoms with Crippen molar-refractivity contribution in [3.8, 4) is 22.8 Å². The van der Waals surface area contributed by atoms with Crippen molar-refractivity contribution >= 4 is 5.97 Å². The first-order valence-electron chi connectivity index (χ1n) is 8.29. The summed E-state index contributed by atoms with van der Waals surface area (Å²) in [7, 11) is 0. The molecular formula is C18H19NO5. The summed E-state index contributed by atoms with van der Waals surface area (Å²) in [6.07, 6.45) is 5.22. The molecule has 1 aliphatic carbocycles. The standard InChI is InChI=1S/C18H19NO5/c20-18(7-12-3-1-2-4-12)21-10-14-9-16(24-19-14)13-5-6-15-17(8-13)23-11-22-15/h5-6,8-9,12H,1-4,7,10-11H2. The summed E-state index contributed by atoms with van der Waals surface area (Å²) in [4.78, 5) is 11.9. The van der Waals surface area contributed by atoms with Crippen molar-refractivity contribution < 1.29 is 23.5 Å². The van der Waals surface area contributed by atoms with Crippen molar-refractivity contribution in [2.45, 2.75) is 38.7 Å². The second kappa shape index (κ2) is 6.55. The first-order valence-corrected chi connectivity index (χ1v) is 8.29. The Labute approximate surface area is 139 Å². The Morgan fingerprint density at radius 3 is 2.88 bits per heavy atom. The molecular weight excluding hydrogens is 310 g/mol. The van der Waals surface area contributed by atoms with E-state index in [9.17, 15) is 4.79 Å². The Morgan fingerprint density at radius 1 is 1.17 bits per heavy atom. The van der Waals surface area contributed by atoms with E-state index in [0.717, 1.165) is 24.2 Å². The fourth-order valence-corrected chi connectivity index (χ4v) is 3.23. The number of benzene rings is 1. The van der Waals surface area contributed by atoms with E-state index >= 15 is 0 Å². The third-order valence-corrected chi connectivity index (χ3v) is 4.53. The number of fused-ring (bicyclic) bond motifs is 1. The fraction of sp³-hybridized carbons (Fsp3) is 0.444. The van der Waals surface area contributed by atoms with Gasteiger partial charge in [0.25, 0.3) is 0 Å². The van der Waals surface area contributed by atoms with Crippen molar-refractivity contribution in [1.29, 1.82) is 0 Å². The Balaban J connectivity index is 1.35. The van der Waals surface area contributed by atoms with Crippen LogP contribution >= 0.6 is 0 Å². The van der Waals surface area contributed by atoms with Crippen LogP contribution < -0.4 is 9.47 Å². The predicted octanol–water partition coefficient (Wildman–Crippen LogP) is 3.69. The largest absolute Gasteiger partial charge is 0.459 e. The molecule has 6 nitrogen and oxygen atoms in total. The number of carbonyl (C=O) groups is 1. The normalized spacial score (nSPS) is 16.5. The van der Waals surface area contributed by atoms with Crippen LogP contribution in [0.1, 0.15) is 37.8 Å². The average Bonchev–Trinajstić information content (AvgIpc) is 3.33. The monoisotopic (exact) mass is 329 g/mol. The summed E-state index contributed by atoms with van der Waals surface area (Å²) in [5.74, 6) is 2.34. The highest BCUT2D eigenvalue weighted by atomic mass is 16.7. The lowest BCUT2D eigenvalue weighted by atomic mass is 10.0. The molecule has 2 aliphatic rings. The lowest BCUT2D eigenvalue weighted by Gasteiger charge is -2.07. The van der Waals surface area contributed by atoms with Crippen LogP contribution in [0.2, 0.25) is 0 Å². The highest BCUT2D eigenvalue weighted by Gasteiger charge is 2.20. The molecule has 1 aliphatic heterocycles. The molecule has 1 fully saturated rings. The van der Waals surface area contributed by atoms with E-state index in [0.29, 0.717) is 29.5 Å². The van der Waals surface area contributed by atoms with Gasteiger partial charge in [0.05, 0.1) is 0 Å². The van der Waals surface area contributed by atoms with Crippen LogP contribution in [-0.4, -0.2) is 17.9 Å². The number of hydrogen-bond acceptors (Lipinski definition) is 6. The average molecular weight is 329 g/mol. The molecule has 0 radical (unpaired) electrons. The van der Waals surface area contributed by atoms with Crippen molar-refractivity contribution in [1.82, 2.24) is 5.16 Å². The van der Waals surface area contributed by atoms with E-state index in [1.54, 1.807) is 6.07 Å². The van der Waals surface area contributed by atoms with Gasteiger partial charge in [-0.1, -0.05) is 18.0 Å². The van der Waals surface area contributed by atoms with Gasteiger partial charge in [-0.15, -0.1) is 0 Å². The third kappa shape index (κ3) is 3.22. The number of aromatic nitrogens is 1. The maximum atomic E-state index is 11.9. The maximum Gasteiger partial charge on any atom is 0.306 e. The van der Waals surface area contributed by atoms with E-state index in [-0.39, 0.29) is 19.4 Å². The minimum Gasteiger partial charge on any atom is -0.459 e. The zero-order valence-electron chi connectivity index (χ0n) is 13.3. The Kier molecular flexibility index (Phi) is 4.11. The predicted molar refractivity (Wildman–Crippen MR) is 84.4 cm³/mol. The smallest absolute Gasteiger partial charge is 0.306 e. The summed E-state index contributed by atoms with van der Waals surface area (Å²) < 4.78 is 21.3. The van der Waals surface area contributed by atoms with Crippen molar-refractivity contribution in [3.63, 3.8) is 0 Å². The maximum absolute atomic E-state index is 11.9. The van der Waals surface area contributed by atoms with Crippen LogP contribution in [0.15, 0.2) is 28.8 Å². The molecule has 0 unspecified atom stereocenters. The molecule has 24 heavy (non-hydrogen) atoms. The van der Waals surface area contributed by atoms with E-state index in [1.807, 2.05) is 18.2 Å². The minimum absolute atomic E-state index is 0.138. The van der Waals surface area contributed by atoms with Gasteiger partial charge < -0.3 is 18.7 Å². The summed E-state index contributed by atoms with van der Waals surface area (Å²) in [5.41, 5.74) is 1.44. The highest BCUT2D eigenvalue weighted by Crippen LogP contribution is 2.36. The number of nitrogens with zero attached hydrogens (tertiary/aromatic N) is 1. The molecule has 1 aromatic heterocycles. The summed E-state index contributed by atoms with van der Waals surface area (Å²) >= 11 is 0. The minimum atomic E-state index is -0.158. The van der Waals surface area contributed by atoms with Gasteiger partial charge >= 0.3 is 5.97 Å². The molecule has 0 atom stereocenters. The first-order chi connectivity index (χ1) is 11.8. The van der Waals surface area contributed by atoms with Gasteiger partial charge in [0.15, 0.2) is 17.3 Å². The van der Waals surface area contributed by atoms with Gasteiger partial charge in [0.2, 0.25) is 6.79 Å². The Hall–Kier alpha value is -2.50. The van der Waals surface area contributed by atoms with Crippen LogP contribution in [-0.2, 0) is 16.1 Å². The quantitative estimate of drug-likeness (QED) is 0.779. The SMILES string of the molecule is O=C(CC1CCCC1)OCc1cc(-c2ccc3c(c2)OCO3)on1. The molecule has 2 heterocycles. The van der Waals surface area contributed by atoms with Crippen molar-refractivity contribution in [2.24, 2.45) is 5.92 Å². The van der Waals surface area contributed by atoms with E-state index < -0.39 is 0 Å². The third-order valence-electron chi connectivity index (χ3n) is 4.53. The van der Waals surface area contributed by atoms with Gasteiger partial charge in [-0.3, -0.25) is 4.79 Å². The van der Waals surface area contributed by atoms with Crippen LogP contribution in [0.5, 0.6) is 11.5 Å².